The number of nitrogens with one attached hydrogen (secondary N) is 1. The first-order valence-electron chi connectivity index (χ1n) is 6.73. The van der Waals surface area contributed by atoms with E-state index in [9.17, 15) is 8.42 Å². The molecule has 17 heavy (non-hydrogen) atoms. The lowest BCUT2D eigenvalue weighted by Crippen LogP contribution is -2.38. The molecule has 0 amide bonds. The summed E-state index contributed by atoms with van der Waals surface area (Å²) in [6.07, 6.45) is 4.38. The molecule has 104 valence electrons. The van der Waals surface area contributed by atoms with Gasteiger partial charge in [-0.15, -0.1) is 0 Å². The minimum Gasteiger partial charge on any atom is -0.381 e. The van der Waals surface area contributed by atoms with E-state index in [1.54, 1.807) is 0 Å². The van der Waals surface area contributed by atoms with E-state index in [4.69, 9.17) is 4.74 Å². The largest absolute Gasteiger partial charge is 0.381 e. The molecule has 1 aliphatic heterocycles. The third-order valence-corrected chi connectivity index (χ3v) is 4.65. The third kappa shape index (κ3) is 7.01. The average Bonchev–Trinajstić information content (AvgIpc) is 2.38. The van der Waals surface area contributed by atoms with Crippen molar-refractivity contribution in [2.24, 2.45) is 0 Å². The Hall–Kier alpha value is -0.130. The lowest BCUT2D eigenvalue weighted by atomic mass is 10.2. The van der Waals surface area contributed by atoms with Crippen LogP contribution in [0.5, 0.6) is 0 Å². The van der Waals surface area contributed by atoms with Gasteiger partial charge in [-0.1, -0.05) is 33.6 Å². The molecule has 1 aliphatic rings. The maximum absolute atomic E-state index is 11.8. The monoisotopic (exact) mass is 265 g/mol. The lowest BCUT2D eigenvalue weighted by molar-refractivity contribution is 0.0981. The van der Waals surface area contributed by atoms with Gasteiger partial charge in [0.25, 0.3) is 0 Å². The van der Waals surface area contributed by atoms with Crippen LogP contribution in [-0.4, -0.2) is 33.4 Å². The standard InChI is InChI=1S/C10H21NO3S.C2H6/c1-2-3-4-7-11-15(12,13)10-5-8-14-9-6-10;1-2/h10-11H,2-9H2,1H3;1-2H3. The first kappa shape index (κ1) is 16.9. The summed E-state index contributed by atoms with van der Waals surface area (Å²) < 4.78 is 31.4. The maximum Gasteiger partial charge on any atom is 0.214 e. The highest BCUT2D eigenvalue weighted by atomic mass is 32.2. The van der Waals surface area contributed by atoms with Crippen LogP contribution >= 0.6 is 0 Å². The third-order valence-electron chi connectivity index (χ3n) is 2.69. The molecule has 0 aromatic heterocycles. The van der Waals surface area contributed by atoms with Gasteiger partial charge in [0.15, 0.2) is 0 Å². The summed E-state index contributed by atoms with van der Waals surface area (Å²) in [5, 5.41) is -0.243. The van der Waals surface area contributed by atoms with Gasteiger partial charge in [-0.2, -0.15) is 0 Å². The van der Waals surface area contributed by atoms with Crippen LogP contribution in [0.1, 0.15) is 52.9 Å². The van der Waals surface area contributed by atoms with Crippen LogP contribution in [-0.2, 0) is 14.8 Å². The summed E-state index contributed by atoms with van der Waals surface area (Å²) in [6, 6.07) is 0. The van der Waals surface area contributed by atoms with Gasteiger partial charge in [-0.3, -0.25) is 0 Å². The Bertz CT molecular complexity index is 259. The second-order valence-electron chi connectivity index (χ2n) is 3.96. The second kappa shape index (κ2) is 9.85. The van der Waals surface area contributed by atoms with E-state index in [1.807, 2.05) is 13.8 Å². The topological polar surface area (TPSA) is 55.4 Å². The molecule has 1 saturated heterocycles. The lowest BCUT2D eigenvalue weighted by Gasteiger charge is -2.22. The van der Waals surface area contributed by atoms with Gasteiger partial charge in [-0.05, 0) is 19.3 Å². The smallest absolute Gasteiger partial charge is 0.214 e. The Balaban J connectivity index is 0.00000121. The van der Waals surface area contributed by atoms with E-state index in [-0.39, 0.29) is 5.25 Å². The highest BCUT2D eigenvalue weighted by Crippen LogP contribution is 2.14. The van der Waals surface area contributed by atoms with Crippen LogP contribution in [0.15, 0.2) is 0 Å². The molecular formula is C12H27NO3S. The average molecular weight is 265 g/mol. The number of hydrogen-bond donors (Lipinski definition) is 1. The number of rotatable bonds is 6. The van der Waals surface area contributed by atoms with E-state index < -0.39 is 10.0 Å². The summed E-state index contributed by atoms with van der Waals surface area (Å²) in [7, 11) is -3.09. The molecule has 1 N–H and O–H groups in total. The van der Waals surface area contributed by atoms with Crippen molar-refractivity contribution in [2.45, 2.75) is 58.1 Å². The maximum atomic E-state index is 11.8. The van der Waals surface area contributed by atoms with Crippen molar-refractivity contribution in [2.75, 3.05) is 19.8 Å². The Morgan fingerprint density at radius 1 is 1.18 bits per heavy atom. The molecule has 0 bridgehead atoms. The fourth-order valence-corrected chi connectivity index (χ4v) is 3.17. The molecule has 0 spiro atoms. The molecule has 0 aromatic carbocycles. The van der Waals surface area contributed by atoms with Gasteiger partial charge in [0.1, 0.15) is 0 Å². The van der Waals surface area contributed by atoms with Crippen molar-refractivity contribution >= 4 is 10.0 Å². The zero-order chi connectivity index (χ0) is 13.1. The summed E-state index contributed by atoms with van der Waals surface area (Å²) >= 11 is 0. The molecule has 0 unspecified atom stereocenters. The number of unbranched alkanes of at least 4 members (excludes halogenated alkanes) is 2. The Kier molecular flexibility index (Phi) is 9.78. The van der Waals surface area contributed by atoms with E-state index in [0.717, 1.165) is 19.3 Å². The van der Waals surface area contributed by atoms with Crippen molar-refractivity contribution in [3.05, 3.63) is 0 Å². The van der Waals surface area contributed by atoms with Crippen LogP contribution in [0.25, 0.3) is 0 Å². The molecule has 0 atom stereocenters. The molecule has 1 heterocycles. The number of ether oxygens (including phenoxy) is 1. The van der Waals surface area contributed by atoms with Crippen molar-refractivity contribution in [3.8, 4) is 0 Å². The quantitative estimate of drug-likeness (QED) is 0.750. The minimum absolute atomic E-state index is 0.243. The zero-order valence-electron chi connectivity index (χ0n) is 11.4. The molecule has 1 fully saturated rings. The Morgan fingerprint density at radius 3 is 2.29 bits per heavy atom. The van der Waals surface area contributed by atoms with E-state index in [1.165, 1.54) is 0 Å². The van der Waals surface area contributed by atoms with Crippen LogP contribution in [0.3, 0.4) is 0 Å². The Morgan fingerprint density at radius 2 is 1.76 bits per heavy atom. The summed E-state index contributed by atoms with van der Waals surface area (Å²) in [5.41, 5.74) is 0. The highest BCUT2D eigenvalue weighted by molar-refractivity contribution is 7.90. The second-order valence-corrected chi connectivity index (χ2v) is 6.00. The van der Waals surface area contributed by atoms with Crippen molar-refractivity contribution in [3.63, 3.8) is 0 Å². The van der Waals surface area contributed by atoms with Gasteiger partial charge in [0.05, 0.1) is 5.25 Å². The first-order valence-corrected chi connectivity index (χ1v) is 8.27. The van der Waals surface area contributed by atoms with E-state index >= 15 is 0 Å². The van der Waals surface area contributed by atoms with Crippen molar-refractivity contribution in [1.29, 1.82) is 0 Å². The van der Waals surface area contributed by atoms with Gasteiger partial charge >= 0.3 is 0 Å². The SMILES string of the molecule is CC.CCCCCNS(=O)(=O)C1CCOCC1. The summed E-state index contributed by atoms with van der Waals surface area (Å²) in [6.45, 7) is 7.82. The van der Waals surface area contributed by atoms with Gasteiger partial charge in [-0.25, -0.2) is 13.1 Å². The first-order chi connectivity index (χ1) is 8.17. The predicted octanol–water partition coefficient (Wildman–Crippen LogP) is 2.30. The molecule has 0 aliphatic carbocycles. The van der Waals surface area contributed by atoms with Gasteiger partial charge < -0.3 is 4.74 Å². The molecule has 0 aromatic rings. The predicted molar refractivity (Wildman–Crippen MR) is 71.6 cm³/mol. The normalized spacial score (nSPS) is 17.4. The molecular weight excluding hydrogens is 238 g/mol. The van der Waals surface area contributed by atoms with E-state index in [0.29, 0.717) is 32.6 Å². The van der Waals surface area contributed by atoms with Crippen LogP contribution in [0.4, 0.5) is 0 Å². The summed E-state index contributed by atoms with van der Waals surface area (Å²) in [5.74, 6) is 0. The van der Waals surface area contributed by atoms with Gasteiger partial charge in [0.2, 0.25) is 10.0 Å². The number of hydrogen-bond acceptors (Lipinski definition) is 3. The molecule has 5 heteroatoms. The fraction of sp³-hybridized carbons (Fsp3) is 1.00. The molecule has 4 nitrogen and oxygen atoms in total. The highest BCUT2D eigenvalue weighted by Gasteiger charge is 2.26. The minimum atomic E-state index is -3.09. The zero-order valence-corrected chi connectivity index (χ0v) is 12.2. The molecule has 0 radical (unpaired) electrons. The number of sulfonamides is 1. The van der Waals surface area contributed by atoms with Gasteiger partial charge in [0, 0.05) is 19.8 Å². The molecule has 1 rings (SSSR count). The fourth-order valence-electron chi connectivity index (χ4n) is 1.69. The van der Waals surface area contributed by atoms with Crippen molar-refractivity contribution in [1.82, 2.24) is 4.72 Å². The van der Waals surface area contributed by atoms with E-state index in [2.05, 4.69) is 11.6 Å². The van der Waals surface area contributed by atoms with Crippen molar-refractivity contribution < 1.29 is 13.2 Å². The van der Waals surface area contributed by atoms with Crippen LogP contribution < -0.4 is 4.72 Å². The summed E-state index contributed by atoms with van der Waals surface area (Å²) in [4.78, 5) is 0. The van der Waals surface area contributed by atoms with Crippen LogP contribution in [0, 0.1) is 0 Å². The molecule has 0 saturated carbocycles. The Labute approximate surface area is 106 Å². The van der Waals surface area contributed by atoms with Crippen LogP contribution in [0.2, 0.25) is 0 Å².